The van der Waals surface area contributed by atoms with Crippen molar-refractivity contribution in [2.24, 2.45) is 5.10 Å². The summed E-state index contributed by atoms with van der Waals surface area (Å²) < 4.78 is 19.7. The molecule has 27 heavy (non-hydrogen) atoms. The molecule has 4 heteroatoms. The molecule has 0 aromatic heterocycles. The van der Waals surface area contributed by atoms with E-state index in [-0.39, 0.29) is 18.1 Å². The van der Waals surface area contributed by atoms with Gasteiger partial charge in [0.2, 0.25) is 6.23 Å². The van der Waals surface area contributed by atoms with Crippen molar-refractivity contribution in [3.05, 3.63) is 101 Å². The molecule has 3 aromatic rings. The molecule has 0 saturated heterocycles. The lowest BCUT2D eigenvalue weighted by Crippen LogP contribution is -2.34. The van der Waals surface area contributed by atoms with E-state index in [4.69, 9.17) is 9.84 Å². The molecule has 0 radical (unpaired) electrons. The number of aryl methyl sites for hydroxylation is 1. The van der Waals surface area contributed by atoms with Crippen LogP contribution in [0.2, 0.25) is 0 Å². The van der Waals surface area contributed by atoms with Gasteiger partial charge in [0.1, 0.15) is 11.6 Å². The molecule has 2 aliphatic rings. The average Bonchev–Trinajstić information content (AvgIpc) is 3.14. The Labute approximate surface area is 157 Å². The van der Waals surface area contributed by atoms with Crippen LogP contribution in [0.3, 0.4) is 0 Å². The summed E-state index contributed by atoms with van der Waals surface area (Å²) in [4.78, 5) is 0. The van der Waals surface area contributed by atoms with E-state index in [0.29, 0.717) is 0 Å². The summed E-state index contributed by atoms with van der Waals surface area (Å²) in [5, 5.41) is 6.97. The van der Waals surface area contributed by atoms with Crippen LogP contribution >= 0.6 is 0 Å². The molecule has 0 bridgehead atoms. The van der Waals surface area contributed by atoms with Crippen molar-refractivity contribution in [3.8, 4) is 5.75 Å². The standard InChI is InChI=1S/C23H19FN2O/c1-15-6-2-3-7-18(15)23-26-21(19-8-4-5-9-22(19)27-23)14-20(25-26)16-10-12-17(24)13-11-16/h2-13,21,23H,14H2,1H3/t21-,23-/m0/s1. The minimum atomic E-state index is -0.274. The second-order valence-corrected chi connectivity index (χ2v) is 7.02. The van der Waals surface area contributed by atoms with E-state index < -0.39 is 0 Å². The molecule has 134 valence electrons. The van der Waals surface area contributed by atoms with Gasteiger partial charge in [0.25, 0.3) is 0 Å². The highest BCUT2D eigenvalue weighted by Gasteiger charge is 2.41. The highest BCUT2D eigenvalue weighted by atomic mass is 19.1. The molecule has 0 N–H and O–H groups in total. The van der Waals surface area contributed by atoms with Gasteiger partial charge < -0.3 is 4.74 Å². The number of halogens is 1. The second kappa shape index (κ2) is 6.23. The Hall–Kier alpha value is -3.14. The molecule has 0 spiro atoms. The van der Waals surface area contributed by atoms with Gasteiger partial charge in [-0.2, -0.15) is 5.10 Å². The molecule has 3 aromatic carbocycles. The Bertz CT molecular complexity index is 1030. The van der Waals surface area contributed by atoms with Crippen molar-refractivity contribution in [2.45, 2.75) is 25.6 Å². The van der Waals surface area contributed by atoms with Crippen molar-refractivity contribution >= 4 is 5.71 Å². The van der Waals surface area contributed by atoms with E-state index in [1.807, 2.05) is 30.3 Å². The third-order valence-corrected chi connectivity index (χ3v) is 5.33. The van der Waals surface area contributed by atoms with Gasteiger partial charge in [-0.25, -0.2) is 9.40 Å². The summed E-state index contributed by atoms with van der Waals surface area (Å²) >= 11 is 0. The number of hydrogen-bond acceptors (Lipinski definition) is 3. The molecule has 0 aliphatic carbocycles. The van der Waals surface area contributed by atoms with Gasteiger partial charge in [0.05, 0.1) is 11.8 Å². The van der Waals surface area contributed by atoms with Crippen LogP contribution in [-0.4, -0.2) is 10.7 Å². The topological polar surface area (TPSA) is 24.8 Å². The van der Waals surface area contributed by atoms with Gasteiger partial charge in [-0.1, -0.05) is 54.6 Å². The summed E-state index contributed by atoms with van der Waals surface area (Å²) in [6.07, 6.45) is 0.498. The number of benzene rings is 3. The molecule has 0 unspecified atom stereocenters. The SMILES string of the molecule is Cc1ccccc1[C@@H]1Oc2ccccc2[C@@H]2CC(c3ccc(F)cc3)=NN21. The fourth-order valence-corrected chi connectivity index (χ4v) is 3.92. The van der Waals surface area contributed by atoms with E-state index in [1.54, 1.807) is 12.1 Å². The minimum absolute atomic E-state index is 0.111. The average molecular weight is 358 g/mol. The van der Waals surface area contributed by atoms with Crippen molar-refractivity contribution < 1.29 is 9.13 Å². The van der Waals surface area contributed by atoms with Gasteiger partial charge in [0.15, 0.2) is 0 Å². The molecule has 2 heterocycles. The number of nitrogens with zero attached hydrogens (tertiary/aromatic N) is 2. The Kier molecular flexibility index (Phi) is 3.71. The lowest BCUT2D eigenvalue weighted by Gasteiger charge is -2.38. The van der Waals surface area contributed by atoms with Gasteiger partial charge in [-0.05, 0) is 36.2 Å². The largest absolute Gasteiger partial charge is 0.464 e. The van der Waals surface area contributed by atoms with Crippen LogP contribution in [0.1, 0.15) is 40.9 Å². The Balaban J connectivity index is 1.61. The second-order valence-electron chi connectivity index (χ2n) is 7.02. The molecule has 0 amide bonds. The molecule has 3 nitrogen and oxygen atoms in total. The van der Waals surface area contributed by atoms with Crippen LogP contribution < -0.4 is 4.74 Å². The predicted octanol–water partition coefficient (Wildman–Crippen LogP) is 5.38. The minimum Gasteiger partial charge on any atom is -0.464 e. The summed E-state index contributed by atoms with van der Waals surface area (Å²) in [6, 6.07) is 23.1. The first-order valence-electron chi connectivity index (χ1n) is 9.13. The maximum absolute atomic E-state index is 13.3. The summed E-state index contributed by atoms with van der Waals surface area (Å²) in [5.74, 6) is 0.670. The first-order valence-corrected chi connectivity index (χ1v) is 9.13. The summed E-state index contributed by atoms with van der Waals surface area (Å²) in [7, 11) is 0. The first-order chi connectivity index (χ1) is 13.2. The van der Waals surface area contributed by atoms with E-state index in [9.17, 15) is 4.39 Å². The Morgan fingerprint density at radius 3 is 2.41 bits per heavy atom. The molecule has 5 rings (SSSR count). The van der Waals surface area contributed by atoms with E-state index in [2.05, 4.69) is 30.1 Å². The van der Waals surface area contributed by atoms with Crippen LogP contribution in [0.4, 0.5) is 4.39 Å². The van der Waals surface area contributed by atoms with E-state index >= 15 is 0 Å². The zero-order chi connectivity index (χ0) is 18.4. The monoisotopic (exact) mass is 358 g/mol. The van der Waals surface area contributed by atoms with Crippen LogP contribution in [0, 0.1) is 12.7 Å². The lowest BCUT2D eigenvalue weighted by molar-refractivity contribution is -0.0194. The predicted molar refractivity (Wildman–Crippen MR) is 103 cm³/mol. The molecule has 2 aliphatic heterocycles. The van der Waals surface area contributed by atoms with Gasteiger partial charge in [-0.15, -0.1) is 0 Å². The van der Waals surface area contributed by atoms with E-state index in [1.165, 1.54) is 17.7 Å². The third kappa shape index (κ3) is 2.69. The molecule has 0 saturated carbocycles. The number of hydrogen-bond donors (Lipinski definition) is 0. The van der Waals surface area contributed by atoms with Gasteiger partial charge >= 0.3 is 0 Å². The van der Waals surface area contributed by atoms with Gasteiger partial charge in [-0.3, -0.25) is 0 Å². The molecular formula is C23H19FN2O. The number of fused-ring (bicyclic) bond motifs is 3. The Morgan fingerprint density at radius 2 is 1.63 bits per heavy atom. The first kappa shape index (κ1) is 16.1. The zero-order valence-electron chi connectivity index (χ0n) is 15.0. The van der Waals surface area contributed by atoms with Crippen LogP contribution in [0.25, 0.3) is 0 Å². The van der Waals surface area contributed by atoms with Crippen molar-refractivity contribution in [1.29, 1.82) is 0 Å². The maximum Gasteiger partial charge on any atom is 0.214 e. The molecule has 2 atom stereocenters. The summed E-state index contributed by atoms with van der Waals surface area (Å²) in [6.45, 7) is 2.09. The highest BCUT2D eigenvalue weighted by molar-refractivity contribution is 6.01. The fourth-order valence-electron chi connectivity index (χ4n) is 3.92. The fraction of sp³-hybridized carbons (Fsp3) is 0.174. The number of rotatable bonds is 2. The van der Waals surface area contributed by atoms with Crippen molar-refractivity contribution in [1.82, 2.24) is 5.01 Å². The molecular weight excluding hydrogens is 339 g/mol. The van der Waals surface area contributed by atoms with Gasteiger partial charge in [0, 0.05) is 17.5 Å². The Morgan fingerprint density at radius 1 is 0.926 bits per heavy atom. The lowest BCUT2D eigenvalue weighted by atomic mass is 9.95. The highest BCUT2D eigenvalue weighted by Crippen LogP contribution is 2.47. The zero-order valence-corrected chi connectivity index (χ0v) is 15.0. The van der Waals surface area contributed by atoms with E-state index in [0.717, 1.165) is 34.6 Å². The third-order valence-electron chi connectivity index (χ3n) is 5.33. The number of hydrazone groups is 1. The maximum atomic E-state index is 13.3. The molecule has 0 fully saturated rings. The van der Waals surface area contributed by atoms with Crippen LogP contribution in [0.15, 0.2) is 77.9 Å². The number of ether oxygens (including phenoxy) is 1. The number of para-hydroxylation sites is 1. The van der Waals surface area contributed by atoms with Crippen molar-refractivity contribution in [3.63, 3.8) is 0 Å². The van der Waals surface area contributed by atoms with Crippen LogP contribution in [0.5, 0.6) is 5.75 Å². The quantitative estimate of drug-likeness (QED) is 0.615. The smallest absolute Gasteiger partial charge is 0.214 e. The van der Waals surface area contributed by atoms with Crippen LogP contribution in [-0.2, 0) is 0 Å². The normalized spacial score (nSPS) is 20.5. The summed E-state index contributed by atoms with van der Waals surface area (Å²) in [5.41, 5.74) is 5.33. The van der Waals surface area contributed by atoms with Crippen molar-refractivity contribution in [2.75, 3.05) is 0 Å².